The molecule has 1 saturated carbocycles. The van der Waals surface area contributed by atoms with Crippen molar-refractivity contribution in [1.29, 1.82) is 0 Å². The monoisotopic (exact) mass is 319 g/mol. The van der Waals surface area contributed by atoms with E-state index in [0.717, 1.165) is 18.6 Å². The number of methoxy groups -OCH3 is 1. The van der Waals surface area contributed by atoms with Gasteiger partial charge in [0.1, 0.15) is 18.0 Å². The smallest absolute Gasteiger partial charge is 0.305 e. The zero-order chi connectivity index (χ0) is 13.3. The first kappa shape index (κ1) is 13.2. The Bertz CT molecular complexity index is 470. The van der Waals surface area contributed by atoms with Crippen LogP contribution in [0.2, 0.25) is 0 Å². The molecule has 7 heteroatoms. The van der Waals surface area contributed by atoms with Crippen molar-refractivity contribution in [2.24, 2.45) is 0 Å². The summed E-state index contributed by atoms with van der Waals surface area (Å²) in [6, 6.07) is 3.50. The molecule has 1 fully saturated rings. The van der Waals surface area contributed by atoms with E-state index in [1.165, 1.54) is 6.07 Å². The number of hydrogen-bond donors (Lipinski definition) is 0. The highest BCUT2D eigenvalue weighted by Crippen LogP contribution is 2.34. The molecule has 0 radical (unpaired) electrons. The summed E-state index contributed by atoms with van der Waals surface area (Å²) in [7, 11) is 1.57. The van der Waals surface area contributed by atoms with Crippen molar-refractivity contribution >= 4 is 21.6 Å². The Kier molecular flexibility index (Phi) is 3.82. The maximum atomic E-state index is 13.4. The number of nitro groups is 1. The zero-order valence-electron chi connectivity index (χ0n) is 9.51. The standard InChI is InChI=1S/C11H11BrFNO4/c1-17-11-7(12)5-10(11)18-6-2-3-9(14(15)16)8(13)4-6/h2-4,7,10-11H,5H2,1H3. The van der Waals surface area contributed by atoms with Crippen molar-refractivity contribution in [2.45, 2.75) is 23.5 Å². The second kappa shape index (κ2) is 5.19. The summed E-state index contributed by atoms with van der Waals surface area (Å²) in [5.74, 6) is -0.634. The molecule has 1 aliphatic rings. The lowest BCUT2D eigenvalue weighted by molar-refractivity contribution is -0.387. The van der Waals surface area contributed by atoms with Crippen molar-refractivity contribution < 1.29 is 18.8 Å². The molecule has 0 heterocycles. The fraction of sp³-hybridized carbons (Fsp3) is 0.455. The van der Waals surface area contributed by atoms with Gasteiger partial charge in [0.15, 0.2) is 0 Å². The van der Waals surface area contributed by atoms with E-state index in [1.807, 2.05) is 0 Å². The van der Waals surface area contributed by atoms with Crippen LogP contribution in [0.25, 0.3) is 0 Å². The predicted octanol–water partition coefficient (Wildman–Crippen LogP) is 2.66. The molecule has 3 atom stereocenters. The van der Waals surface area contributed by atoms with Crippen molar-refractivity contribution in [2.75, 3.05) is 7.11 Å². The highest BCUT2D eigenvalue weighted by molar-refractivity contribution is 9.09. The number of hydrogen-bond acceptors (Lipinski definition) is 4. The van der Waals surface area contributed by atoms with Crippen molar-refractivity contribution in [1.82, 2.24) is 0 Å². The van der Waals surface area contributed by atoms with Gasteiger partial charge in [-0.1, -0.05) is 15.9 Å². The fourth-order valence-electron chi connectivity index (χ4n) is 1.83. The second-order valence-corrected chi connectivity index (χ2v) is 5.15. The molecular formula is C11H11BrFNO4. The van der Waals surface area contributed by atoms with Crippen LogP contribution < -0.4 is 4.74 Å². The topological polar surface area (TPSA) is 61.6 Å². The Hall–Kier alpha value is -1.21. The van der Waals surface area contributed by atoms with Crippen LogP contribution in [-0.2, 0) is 4.74 Å². The van der Waals surface area contributed by atoms with E-state index < -0.39 is 16.4 Å². The van der Waals surface area contributed by atoms with Crippen molar-refractivity contribution in [3.05, 3.63) is 34.1 Å². The number of ether oxygens (including phenoxy) is 2. The molecule has 5 nitrogen and oxygen atoms in total. The summed E-state index contributed by atoms with van der Waals surface area (Å²) in [5.41, 5.74) is -0.558. The summed E-state index contributed by atoms with van der Waals surface area (Å²) in [6.45, 7) is 0. The van der Waals surface area contributed by atoms with Gasteiger partial charge in [0.25, 0.3) is 0 Å². The quantitative estimate of drug-likeness (QED) is 0.486. The van der Waals surface area contributed by atoms with Gasteiger partial charge < -0.3 is 9.47 Å². The molecule has 2 rings (SSSR count). The van der Waals surface area contributed by atoms with Crippen LogP contribution in [0.5, 0.6) is 5.75 Å². The van der Waals surface area contributed by atoms with Gasteiger partial charge in [-0.2, -0.15) is 4.39 Å². The first-order chi connectivity index (χ1) is 8.52. The Labute approximate surface area is 111 Å². The largest absolute Gasteiger partial charge is 0.488 e. The number of benzene rings is 1. The Morgan fingerprint density at radius 2 is 2.28 bits per heavy atom. The Morgan fingerprint density at radius 1 is 1.56 bits per heavy atom. The third-order valence-electron chi connectivity index (χ3n) is 2.86. The summed E-state index contributed by atoms with van der Waals surface area (Å²) < 4.78 is 24.1. The van der Waals surface area contributed by atoms with Crippen LogP contribution in [0.15, 0.2) is 18.2 Å². The lowest BCUT2D eigenvalue weighted by atomic mass is 9.91. The van der Waals surface area contributed by atoms with Gasteiger partial charge in [0.2, 0.25) is 5.82 Å². The highest BCUT2D eigenvalue weighted by atomic mass is 79.9. The molecule has 0 amide bonds. The zero-order valence-corrected chi connectivity index (χ0v) is 11.1. The average Bonchev–Trinajstić information content (AvgIpc) is 2.28. The fourth-order valence-corrected chi connectivity index (χ4v) is 2.75. The van der Waals surface area contributed by atoms with E-state index in [0.29, 0.717) is 0 Å². The minimum absolute atomic E-state index is 0.0942. The lowest BCUT2D eigenvalue weighted by Crippen LogP contribution is -2.51. The van der Waals surface area contributed by atoms with Gasteiger partial charge in [-0.25, -0.2) is 0 Å². The van der Waals surface area contributed by atoms with Crippen LogP contribution in [-0.4, -0.2) is 29.1 Å². The van der Waals surface area contributed by atoms with Gasteiger partial charge in [0.05, 0.1) is 4.92 Å². The maximum absolute atomic E-state index is 13.4. The number of halogens is 2. The molecule has 98 valence electrons. The van der Waals surface area contributed by atoms with Gasteiger partial charge in [-0.3, -0.25) is 10.1 Å². The van der Waals surface area contributed by atoms with Crippen LogP contribution in [0.3, 0.4) is 0 Å². The molecule has 1 aromatic carbocycles. The van der Waals surface area contributed by atoms with E-state index in [4.69, 9.17) is 9.47 Å². The summed E-state index contributed by atoms with van der Waals surface area (Å²) in [6.07, 6.45) is 0.486. The average molecular weight is 320 g/mol. The molecule has 0 bridgehead atoms. The van der Waals surface area contributed by atoms with Crippen LogP contribution in [0.1, 0.15) is 6.42 Å². The minimum atomic E-state index is -0.902. The van der Waals surface area contributed by atoms with Gasteiger partial charge in [-0.05, 0) is 6.07 Å². The number of rotatable bonds is 4. The molecule has 0 N–H and O–H groups in total. The minimum Gasteiger partial charge on any atom is -0.488 e. The molecule has 1 aliphatic carbocycles. The number of nitrogens with zero attached hydrogens (tertiary/aromatic N) is 1. The molecule has 3 unspecified atom stereocenters. The first-order valence-corrected chi connectivity index (χ1v) is 6.22. The van der Waals surface area contributed by atoms with Crippen molar-refractivity contribution in [3.63, 3.8) is 0 Å². The molecule has 18 heavy (non-hydrogen) atoms. The predicted molar refractivity (Wildman–Crippen MR) is 65.6 cm³/mol. The summed E-state index contributed by atoms with van der Waals surface area (Å²) in [5, 5.41) is 10.5. The van der Waals surface area contributed by atoms with Gasteiger partial charge >= 0.3 is 5.69 Å². The van der Waals surface area contributed by atoms with E-state index >= 15 is 0 Å². The van der Waals surface area contributed by atoms with E-state index in [1.54, 1.807) is 7.11 Å². The van der Waals surface area contributed by atoms with Crippen molar-refractivity contribution in [3.8, 4) is 5.75 Å². The summed E-state index contributed by atoms with van der Waals surface area (Å²) in [4.78, 5) is 9.91. The number of nitro benzene ring substituents is 1. The third-order valence-corrected chi connectivity index (χ3v) is 3.75. The molecular weight excluding hydrogens is 309 g/mol. The van der Waals surface area contributed by atoms with Gasteiger partial charge in [-0.15, -0.1) is 0 Å². The SMILES string of the molecule is COC1C(Br)CC1Oc1ccc([N+](=O)[O-])c(F)c1. The lowest BCUT2D eigenvalue weighted by Gasteiger charge is -2.40. The van der Waals surface area contributed by atoms with E-state index in [2.05, 4.69) is 15.9 Å². The van der Waals surface area contributed by atoms with E-state index in [9.17, 15) is 14.5 Å². The summed E-state index contributed by atoms with van der Waals surface area (Å²) >= 11 is 3.42. The molecule has 0 aromatic heterocycles. The first-order valence-electron chi connectivity index (χ1n) is 5.30. The second-order valence-electron chi connectivity index (χ2n) is 3.98. The maximum Gasteiger partial charge on any atom is 0.305 e. The molecule has 0 saturated heterocycles. The Balaban J connectivity index is 2.07. The molecule has 1 aromatic rings. The number of alkyl halides is 1. The van der Waals surface area contributed by atoms with Crippen LogP contribution >= 0.6 is 15.9 Å². The third kappa shape index (κ3) is 2.46. The van der Waals surface area contributed by atoms with E-state index in [-0.39, 0.29) is 22.8 Å². The van der Waals surface area contributed by atoms with Crippen LogP contribution in [0, 0.1) is 15.9 Å². The highest BCUT2D eigenvalue weighted by Gasteiger charge is 2.41. The van der Waals surface area contributed by atoms with Gasteiger partial charge in [0, 0.05) is 30.5 Å². The molecule has 0 aliphatic heterocycles. The normalized spacial score (nSPS) is 26.5. The Morgan fingerprint density at radius 3 is 2.78 bits per heavy atom. The van der Waals surface area contributed by atoms with Crippen LogP contribution in [0.4, 0.5) is 10.1 Å². The molecule has 0 spiro atoms.